The van der Waals surface area contributed by atoms with Crippen molar-refractivity contribution in [2.75, 3.05) is 5.32 Å². The van der Waals surface area contributed by atoms with Crippen LogP contribution >= 0.6 is 11.3 Å². The van der Waals surface area contributed by atoms with Crippen molar-refractivity contribution in [2.24, 2.45) is 0 Å². The van der Waals surface area contributed by atoms with Crippen LogP contribution in [0.25, 0.3) is 11.1 Å². The van der Waals surface area contributed by atoms with Gasteiger partial charge in [-0.05, 0) is 41.3 Å². The predicted octanol–water partition coefficient (Wildman–Crippen LogP) is 4.59. The lowest BCUT2D eigenvalue weighted by Crippen LogP contribution is -2.08. The normalized spacial score (nSPS) is 10.2. The Kier molecular flexibility index (Phi) is 4.72. The Bertz CT molecular complexity index is 854. The maximum absolute atomic E-state index is 12.5. The van der Waals surface area contributed by atoms with Gasteiger partial charge in [0.2, 0.25) is 5.91 Å². The summed E-state index contributed by atoms with van der Waals surface area (Å²) in [5.74, 6) is -0.108. The number of ether oxygens (including phenoxy) is 1. The first-order valence-corrected chi connectivity index (χ1v) is 8.24. The fraction of sp³-hybridized carbons (Fsp3) is 0.0526. The van der Waals surface area contributed by atoms with E-state index in [1.165, 1.54) is 18.3 Å². The average molecular weight is 337 g/mol. The van der Waals surface area contributed by atoms with Gasteiger partial charge in [-0.2, -0.15) is 0 Å². The van der Waals surface area contributed by atoms with Gasteiger partial charge in [0.25, 0.3) is 0 Å². The summed E-state index contributed by atoms with van der Waals surface area (Å²) >= 11 is 1.35. The fourth-order valence-electron chi connectivity index (χ4n) is 2.28. The minimum atomic E-state index is -0.392. The summed E-state index contributed by atoms with van der Waals surface area (Å²) in [5, 5.41) is 4.54. The molecule has 1 aromatic heterocycles. The van der Waals surface area contributed by atoms with E-state index in [-0.39, 0.29) is 5.91 Å². The van der Waals surface area contributed by atoms with Crippen LogP contribution in [0.15, 0.2) is 66.0 Å². The van der Waals surface area contributed by atoms with Crippen LogP contribution in [0.3, 0.4) is 0 Å². The molecule has 24 heavy (non-hydrogen) atoms. The minimum absolute atomic E-state index is 0.147. The third-order valence-corrected chi connectivity index (χ3v) is 4.22. The van der Waals surface area contributed by atoms with Crippen molar-refractivity contribution in [3.63, 3.8) is 0 Å². The molecule has 2 aromatic carbocycles. The second kappa shape index (κ2) is 7.10. The van der Waals surface area contributed by atoms with Crippen molar-refractivity contribution in [3.05, 3.63) is 70.9 Å². The Morgan fingerprint density at radius 2 is 1.67 bits per heavy atom. The zero-order chi connectivity index (χ0) is 16.9. The van der Waals surface area contributed by atoms with E-state index in [0.717, 1.165) is 11.1 Å². The number of esters is 1. The maximum Gasteiger partial charge on any atom is 0.354 e. The first kappa shape index (κ1) is 16.0. The molecular formula is C19H15NO3S. The molecule has 4 nitrogen and oxygen atoms in total. The monoisotopic (exact) mass is 337 g/mol. The van der Waals surface area contributed by atoms with Crippen LogP contribution in [-0.4, -0.2) is 11.9 Å². The number of anilines is 1. The maximum atomic E-state index is 12.5. The van der Waals surface area contributed by atoms with Crippen molar-refractivity contribution in [2.45, 2.75) is 6.92 Å². The number of amides is 1. The van der Waals surface area contributed by atoms with Gasteiger partial charge in [0.05, 0.1) is 0 Å². The molecule has 5 heteroatoms. The molecule has 0 fully saturated rings. The first-order valence-electron chi connectivity index (χ1n) is 7.36. The first-order chi connectivity index (χ1) is 11.6. The molecule has 1 amide bonds. The van der Waals surface area contributed by atoms with Crippen LogP contribution in [-0.2, 0) is 4.79 Å². The molecule has 0 radical (unpaired) electrons. The SMILES string of the molecule is CC(=O)Nc1ccc(OC(=O)c2sccc2-c2ccccc2)cc1. The van der Waals surface area contributed by atoms with E-state index in [0.29, 0.717) is 16.3 Å². The number of carbonyl (C=O) groups is 2. The lowest BCUT2D eigenvalue weighted by atomic mass is 10.1. The van der Waals surface area contributed by atoms with Crippen LogP contribution in [0.2, 0.25) is 0 Å². The number of hydrogen-bond donors (Lipinski definition) is 1. The Morgan fingerprint density at radius 1 is 0.958 bits per heavy atom. The zero-order valence-electron chi connectivity index (χ0n) is 13.0. The van der Waals surface area contributed by atoms with Gasteiger partial charge in [-0.1, -0.05) is 30.3 Å². The lowest BCUT2D eigenvalue weighted by Gasteiger charge is -2.07. The van der Waals surface area contributed by atoms with Gasteiger partial charge in [0.1, 0.15) is 10.6 Å². The fourth-order valence-corrected chi connectivity index (χ4v) is 3.07. The molecule has 120 valence electrons. The highest BCUT2D eigenvalue weighted by molar-refractivity contribution is 7.12. The van der Waals surface area contributed by atoms with Crippen molar-refractivity contribution in [3.8, 4) is 16.9 Å². The number of carbonyl (C=O) groups excluding carboxylic acids is 2. The quantitative estimate of drug-likeness (QED) is 0.559. The molecule has 0 saturated carbocycles. The van der Waals surface area contributed by atoms with Gasteiger partial charge in [-0.15, -0.1) is 11.3 Å². The van der Waals surface area contributed by atoms with Crippen LogP contribution in [0.1, 0.15) is 16.6 Å². The molecular weight excluding hydrogens is 322 g/mol. The van der Waals surface area contributed by atoms with Gasteiger partial charge in [-0.25, -0.2) is 4.79 Å². The molecule has 0 aliphatic rings. The lowest BCUT2D eigenvalue weighted by molar-refractivity contribution is -0.114. The summed E-state index contributed by atoms with van der Waals surface area (Å²) in [5.41, 5.74) is 2.50. The van der Waals surface area contributed by atoms with E-state index in [1.54, 1.807) is 24.3 Å². The average Bonchev–Trinajstić information content (AvgIpc) is 3.07. The topological polar surface area (TPSA) is 55.4 Å². The molecule has 0 saturated heterocycles. The van der Waals surface area contributed by atoms with Gasteiger partial charge >= 0.3 is 5.97 Å². The highest BCUT2D eigenvalue weighted by Crippen LogP contribution is 2.29. The van der Waals surface area contributed by atoms with Crippen molar-refractivity contribution < 1.29 is 14.3 Å². The van der Waals surface area contributed by atoms with E-state index in [2.05, 4.69) is 5.32 Å². The van der Waals surface area contributed by atoms with Crippen molar-refractivity contribution in [1.29, 1.82) is 0 Å². The summed E-state index contributed by atoms with van der Waals surface area (Å²) in [7, 11) is 0. The summed E-state index contributed by atoms with van der Waals surface area (Å²) in [6.45, 7) is 1.44. The Balaban J connectivity index is 1.76. The molecule has 1 N–H and O–H groups in total. The predicted molar refractivity (Wildman–Crippen MR) is 95.5 cm³/mol. The molecule has 0 unspecified atom stereocenters. The Labute approximate surface area is 143 Å². The second-order valence-electron chi connectivity index (χ2n) is 5.12. The Morgan fingerprint density at radius 3 is 2.33 bits per heavy atom. The van der Waals surface area contributed by atoms with Crippen LogP contribution in [0.5, 0.6) is 5.75 Å². The summed E-state index contributed by atoms with van der Waals surface area (Å²) in [6.07, 6.45) is 0. The van der Waals surface area contributed by atoms with E-state index in [1.807, 2.05) is 41.8 Å². The van der Waals surface area contributed by atoms with E-state index in [9.17, 15) is 9.59 Å². The van der Waals surface area contributed by atoms with E-state index < -0.39 is 5.97 Å². The zero-order valence-corrected chi connectivity index (χ0v) is 13.8. The highest BCUT2D eigenvalue weighted by atomic mass is 32.1. The minimum Gasteiger partial charge on any atom is -0.422 e. The molecule has 0 atom stereocenters. The van der Waals surface area contributed by atoms with Gasteiger partial charge in [0, 0.05) is 18.2 Å². The smallest absolute Gasteiger partial charge is 0.354 e. The van der Waals surface area contributed by atoms with Gasteiger partial charge in [0.15, 0.2) is 0 Å². The summed E-state index contributed by atoms with van der Waals surface area (Å²) < 4.78 is 5.44. The molecule has 0 bridgehead atoms. The van der Waals surface area contributed by atoms with Crippen molar-refractivity contribution >= 4 is 28.9 Å². The molecule has 3 rings (SSSR count). The van der Waals surface area contributed by atoms with Crippen LogP contribution in [0, 0.1) is 0 Å². The number of rotatable bonds is 4. The largest absolute Gasteiger partial charge is 0.422 e. The summed E-state index contributed by atoms with van der Waals surface area (Å²) in [4.78, 5) is 24.0. The number of hydrogen-bond acceptors (Lipinski definition) is 4. The van der Waals surface area contributed by atoms with Crippen LogP contribution < -0.4 is 10.1 Å². The van der Waals surface area contributed by atoms with Gasteiger partial charge < -0.3 is 10.1 Å². The van der Waals surface area contributed by atoms with Crippen LogP contribution in [0.4, 0.5) is 5.69 Å². The van der Waals surface area contributed by atoms with Gasteiger partial charge in [-0.3, -0.25) is 4.79 Å². The molecule has 3 aromatic rings. The number of thiophene rings is 1. The highest BCUT2D eigenvalue weighted by Gasteiger charge is 2.16. The number of benzene rings is 2. The van der Waals surface area contributed by atoms with E-state index >= 15 is 0 Å². The standard InChI is InChI=1S/C19H15NO3S/c1-13(21)20-15-7-9-16(10-8-15)23-19(22)18-17(11-12-24-18)14-5-3-2-4-6-14/h2-12H,1H3,(H,20,21). The number of nitrogens with one attached hydrogen (secondary N) is 1. The molecule has 0 aliphatic heterocycles. The molecule has 0 spiro atoms. The summed E-state index contributed by atoms with van der Waals surface area (Å²) in [6, 6.07) is 18.3. The van der Waals surface area contributed by atoms with E-state index in [4.69, 9.17) is 4.74 Å². The second-order valence-corrected chi connectivity index (χ2v) is 6.04. The molecule has 0 aliphatic carbocycles. The Hall–Kier alpha value is -2.92. The van der Waals surface area contributed by atoms with Crippen molar-refractivity contribution in [1.82, 2.24) is 0 Å². The molecule has 1 heterocycles. The third-order valence-electron chi connectivity index (χ3n) is 3.32. The third kappa shape index (κ3) is 3.70.